The lowest BCUT2D eigenvalue weighted by molar-refractivity contribution is -0.192. The molecule has 370 valence electrons. The third-order valence-electron chi connectivity index (χ3n) is 9.73. The van der Waals surface area contributed by atoms with Gasteiger partial charge in [-0.1, -0.05) is 51.1 Å². The zero-order chi connectivity index (χ0) is 49.4. The molecule has 4 rings (SSSR count). The number of carboxylic acids is 1. The summed E-state index contributed by atoms with van der Waals surface area (Å²) in [5.74, 6) is -3.28. The highest BCUT2D eigenvalue weighted by Crippen LogP contribution is 2.40. The molecule has 2 aromatic carbocycles. The second kappa shape index (κ2) is 29.0. The Morgan fingerprint density at radius 3 is 1.99 bits per heavy atom. The number of carbonyl (C=O) groups excluding carboxylic acids is 4. The minimum atomic E-state index is -5.08. The van der Waals surface area contributed by atoms with Gasteiger partial charge in [-0.3, -0.25) is 24.1 Å². The topological polar surface area (TPSA) is 193 Å². The lowest BCUT2D eigenvalue weighted by Gasteiger charge is -2.40. The van der Waals surface area contributed by atoms with E-state index >= 15 is 4.39 Å². The number of carbonyl (C=O) groups is 5. The molecule has 3 N–H and O–H groups in total. The number of imide groups is 1. The third-order valence-corrected chi connectivity index (χ3v) is 10.6. The molecule has 0 unspecified atom stereocenters. The van der Waals surface area contributed by atoms with Gasteiger partial charge in [-0.25, -0.2) is 18.6 Å². The molecular formula is C46H60F5N5O10S. The fourth-order valence-corrected chi connectivity index (χ4v) is 7.27. The van der Waals surface area contributed by atoms with Crippen LogP contribution in [-0.4, -0.2) is 144 Å². The first-order valence-electron chi connectivity index (χ1n) is 21.6. The third kappa shape index (κ3) is 20.4. The molecule has 0 radical (unpaired) electrons. The second-order valence-electron chi connectivity index (χ2n) is 16.1. The van der Waals surface area contributed by atoms with Crippen molar-refractivity contribution in [3.05, 3.63) is 89.9 Å². The predicted octanol–water partition coefficient (Wildman–Crippen LogP) is 6.24. The second-order valence-corrected chi connectivity index (χ2v) is 17.2. The van der Waals surface area contributed by atoms with Crippen LogP contribution >= 0.6 is 11.8 Å². The summed E-state index contributed by atoms with van der Waals surface area (Å²) in [6.45, 7) is 10.5. The molecule has 1 atom stereocenters. The molecule has 1 aliphatic heterocycles. The first-order valence-corrected chi connectivity index (χ1v) is 22.8. The monoisotopic (exact) mass is 969 g/mol. The number of aromatic nitrogens is 2. The number of imidazole rings is 1. The van der Waals surface area contributed by atoms with E-state index in [0.717, 1.165) is 28.7 Å². The highest BCUT2D eigenvalue weighted by molar-refractivity contribution is 7.99. The Morgan fingerprint density at radius 2 is 1.42 bits per heavy atom. The van der Waals surface area contributed by atoms with E-state index in [1.165, 1.54) is 23.9 Å². The molecule has 1 aliphatic rings. The summed E-state index contributed by atoms with van der Waals surface area (Å²) in [5.41, 5.74) is 6.78. The van der Waals surface area contributed by atoms with E-state index in [1.54, 1.807) is 6.20 Å². The van der Waals surface area contributed by atoms with Crippen LogP contribution in [0.2, 0.25) is 0 Å². The maximum Gasteiger partial charge on any atom is 0.490 e. The number of alkyl halides is 3. The molecule has 3 aromatic rings. The Kier molecular flexibility index (Phi) is 24.3. The first kappa shape index (κ1) is 56.3. The number of nitrogens with two attached hydrogens (primary N) is 1. The number of Topliss-reactive ketones (excluding diaryl/α,β-unsaturated/α-hetero) is 1. The summed E-state index contributed by atoms with van der Waals surface area (Å²) in [7, 11) is 0. The van der Waals surface area contributed by atoms with Crippen molar-refractivity contribution < 1.29 is 70.0 Å². The summed E-state index contributed by atoms with van der Waals surface area (Å²) >= 11 is 1.47. The largest absolute Gasteiger partial charge is 0.490 e. The molecular weight excluding hydrogens is 910 g/mol. The number of nitrogens with zero attached hydrogens (tertiary/aromatic N) is 4. The maximum atomic E-state index is 15.0. The summed E-state index contributed by atoms with van der Waals surface area (Å²) in [4.78, 5) is 65.9. The van der Waals surface area contributed by atoms with Gasteiger partial charge < -0.3 is 39.3 Å². The highest BCUT2D eigenvalue weighted by atomic mass is 32.2. The van der Waals surface area contributed by atoms with Crippen molar-refractivity contribution in [2.75, 3.05) is 84.0 Å². The summed E-state index contributed by atoms with van der Waals surface area (Å²) in [6, 6.07) is 12.6. The Balaban J connectivity index is 0.00000157. The average molecular weight is 970 g/mol. The number of aliphatic carboxylic acids is 1. The van der Waals surface area contributed by atoms with Crippen molar-refractivity contribution >= 4 is 41.2 Å². The lowest BCUT2D eigenvalue weighted by atomic mass is 9.84. The molecule has 3 amide bonds. The van der Waals surface area contributed by atoms with Crippen LogP contribution in [-0.2, 0) is 49.5 Å². The normalized spacial score (nSPS) is 13.2. The van der Waals surface area contributed by atoms with E-state index in [1.807, 2.05) is 60.6 Å². The van der Waals surface area contributed by atoms with Crippen molar-refractivity contribution in [3.8, 4) is 11.3 Å². The number of carboxylic acid groups (broad SMARTS) is 1. The number of ketones is 1. The molecule has 2 heterocycles. The number of benzene rings is 2. The van der Waals surface area contributed by atoms with Crippen LogP contribution in [0.25, 0.3) is 11.3 Å². The minimum absolute atomic E-state index is 0.0133. The van der Waals surface area contributed by atoms with Gasteiger partial charge in [0.15, 0.2) is 0 Å². The first-order chi connectivity index (χ1) is 31.8. The van der Waals surface area contributed by atoms with E-state index in [0.29, 0.717) is 90.3 Å². The van der Waals surface area contributed by atoms with Gasteiger partial charge in [-0.2, -0.15) is 13.2 Å². The van der Waals surface area contributed by atoms with E-state index < -0.39 is 35.2 Å². The summed E-state index contributed by atoms with van der Waals surface area (Å²) < 4.78 is 85.3. The Labute approximate surface area is 391 Å². The number of rotatable bonds is 29. The summed E-state index contributed by atoms with van der Waals surface area (Å²) in [6.07, 6.45) is 0.655. The molecule has 15 nitrogen and oxygen atoms in total. The number of ether oxygens (including phenoxy) is 4. The number of hydrogen-bond acceptors (Lipinski definition) is 12. The standard InChI is InChI=1S/C44H59F2N5O8S.C2HF3O2/c1-44(2,3)42(43-48-38(36-29-34(45)12-13-37(36)46)31-49(43)30-33-9-5-4-6-10-33)51(19-8-17-47)41(55)32-60-28-27-59-26-25-58-24-23-57-22-21-56-20-16-35(52)11-7-18-50-39(53)14-15-40(50)54;3-2(4,5)1(6)7/h4-6,9-10,12-15,29,31,42H,7-8,11,16-28,30,32,47H2,1-3H3;(H,6,7)/t42-;/m0./s1. The van der Waals surface area contributed by atoms with E-state index in [2.05, 4.69) is 0 Å². The van der Waals surface area contributed by atoms with Crippen molar-refractivity contribution in [2.24, 2.45) is 11.1 Å². The molecule has 0 fully saturated rings. The molecule has 0 spiro atoms. The zero-order valence-corrected chi connectivity index (χ0v) is 38.8. The summed E-state index contributed by atoms with van der Waals surface area (Å²) in [5, 5.41) is 7.12. The molecule has 1 aromatic heterocycles. The van der Waals surface area contributed by atoms with Crippen LogP contribution in [0.1, 0.15) is 63.9 Å². The van der Waals surface area contributed by atoms with Gasteiger partial charge in [0.25, 0.3) is 11.8 Å². The lowest BCUT2D eigenvalue weighted by Crippen LogP contribution is -2.44. The van der Waals surface area contributed by atoms with Crippen molar-refractivity contribution in [2.45, 2.75) is 65.2 Å². The van der Waals surface area contributed by atoms with Gasteiger partial charge in [0, 0.05) is 62.1 Å². The van der Waals surface area contributed by atoms with Crippen LogP contribution in [0.15, 0.2) is 66.9 Å². The van der Waals surface area contributed by atoms with Crippen LogP contribution < -0.4 is 5.73 Å². The Morgan fingerprint density at radius 1 is 0.836 bits per heavy atom. The van der Waals surface area contributed by atoms with Crippen molar-refractivity contribution in [1.29, 1.82) is 0 Å². The number of amides is 3. The molecule has 21 heteroatoms. The average Bonchev–Trinajstić information content (AvgIpc) is 3.82. The molecule has 0 bridgehead atoms. The van der Waals surface area contributed by atoms with Gasteiger partial charge in [0.1, 0.15) is 23.2 Å². The van der Waals surface area contributed by atoms with Crippen LogP contribution in [0.4, 0.5) is 22.0 Å². The van der Waals surface area contributed by atoms with Gasteiger partial charge in [0.2, 0.25) is 5.91 Å². The fraction of sp³-hybridized carbons (Fsp3) is 0.522. The van der Waals surface area contributed by atoms with E-state index in [-0.39, 0.29) is 66.5 Å². The Hall–Kier alpha value is -5.06. The Bertz CT molecular complexity index is 2050. The molecule has 0 aliphatic carbocycles. The number of thioether (sulfide) groups is 1. The number of halogens is 5. The quantitative estimate of drug-likeness (QED) is 0.0452. The predicted molar refractivity (Wildman–Crippen MR) is 240 cm³/mol. The molecule has 67 heavy (non-hydrogen) atoms. The molecule has 0 saturated heterocycles. The highest BCUT2D eigenvalue weighted by Gasteiger charge is 2.39. The van der Waals surface area contributed by atoms with Crippen molar-refractivity contribution in [3.63, 3.8) is 0 Å². The van der Waals surface area contributed by atoms with Crippen LogP contribution in [0.5, 0.6) is 0 Å². The minimum Gasteiger partial charge on any atom is -0.475 e. The van der Waals surface area contributed by atoms with Crippen LogP contribution in [0.3, 0.4) is 0 Å². The van der Waals surface area contributed by atoms with Gasteiger partial charge in [-0.05, 0) is 48.6 Å². The van der Waals surface area contributed by atoms with Gasteiger partial charge in [0.05, 0.1) is 70.3 Å². The van der Waals surface area contributed by atoms with Crippen LogP contribution in [0, 0.1) is 17.0 Å². The van der Waals surface area contributed by atoms with Gasteiger partial charge in [-0.15, -0.1) is 11.8 Å². The SMILES string of the molecule is CC(C)(C)[C@H](c1nc(-c2cc(F)ccc2F)cn1Cc1ccccc1)N(CCCN)C(=O)CSCCOCCOCCOCCOCCC(=O)CCCN1C(=O)C=CC1=O.O=C(O)C(F)(F)F. The number of hydrogen-bond donors (Lipinski definition) is 2. The smallest absolute Gasteiger partial charge is 0.475 e. The van der Waals surface area contributed by atoms with E-state index in [9.17, 15) is 36.7 Å². The van der Waals surface area contributed by atoms with E-state index in [4.69, 9.17) is 39.6 Å². The molecule has 0 saturated carbocycles. The van der Waals surface area contributed by atoms with Gasteiger partial charge >= 0.3 is 12.1 Å². The fourth-order valence-electron chi connectivity index (χ4n) is 6.55. The van der Waals surface area contributed by atoms with Crippen molar-refractivity contribution in [1.82, 2.24) is 19.4 Å². The maximum absolute atomic E-state index is 15.0. The zero-order valence-electron chi connectivity index (χ0n) is 37.9.